The molecule has 2 aromatic heterocycles. The zero-order valence-electron chi connectivity index (χ0n) is 16.3. The van der Waals surface area contributed by atoms with Crippen molar-refractivity contribution in [1.29, 1.82) is 0 Å². The fraction of sp³-hybridized carbons (Fsp3) is 0.143. The first-order chi connectivity index (χ1) is 15.0. The van der Waals surface area contributed by atoms with Crippen LogP contribution in [0, 0.1) is 0 Å². The average molecular weight is 453 g/mol. The molecule has 0 aliphatic carbocycles. The van der Waals surface area contributed by atoms with Crippen molar-refractivity contribution < 1.29 is 14.3 Å². The summed E-state index contributed by atoms with van der Waals surface area (Å²) in [5.41, 5.74) is 1.42. The number of anilines is 1. The monoisotopic (exact) mass is 452 g/mol. The first-order valence-corrected chi connectivity index (χ1v) is 10.6. The molecular formula is C21H16N4O4S2. The fourth-order valence-electron chi connectivity index (χ4n) is 3.41. The smallest absolute Gasteiger partial charge is 0.267 e. The summed E-state index contributed by atoms with van der Waals surface area (Å²) in [6.07, 6.45) is 3.20. The van der Waals surface area contributed by atoms with Gasteiger partial charge in [0.05, 0.1) is 17.0 Å². The van der Waals surface area contributed by atoms with Gasteiger partial charge in [-0.3, -0.25) is 18.9 Å². The number of benzene rings is 1. The van der Waals surface area contributed by atoms with Gasteiger partial charge in [-0.2, -0.15) is 0 Å². The maximum Gasteiger partial charge on any atom is 0.267 e. The summed E-state index contributed by atoms with van der Waals surface area (Å²) in [5.74, 6) is 1.47. The number of hydrogen-bond donors (Lipinski definition) is 1. The van der Waals surface area contributed by atoms with E-state index in [0.717, 1.165) is 17.3 Å². The molecular weight excluding hydrogens is 436 g/mol. The Hall–Kier alpha value is -3.37. The van der Waals surface area contributed by atoms with Crippen LogP contribution in [-0.4, -0.2) is 38.4 Å². The number of hydrogen-bond acceptors (Lipinski definition) is 8. The van der Waals surface area contributed by atoms with Gasteiger partial charge < -0.3 is 14.8 Å². The molecule has 5 rings (SSSR count). The lowest BCUT2D eigenvalue weighted by atomic mass is 10.2. The number of rotatable bonds is 4. The quantitative estimate of drug-likeness (QED) is 0.478. The molecule has 156 valence electrons. The lowest BCUT2D eigenvalue weighted by molar-refractivity contribution is -0.122. The van der Waals surface area contributed by atoms with Crippen LogP contribution in [0.1, 0.15) is 11.1 Å². The van der Waals surface area contributed by atoms with Crippen LogP contribution in [0.3, 0.4) is 0 Å². The van der Waals surface area contributed by atoms with E-state index in [1.807, 2.05) is 24.3 Å². The molecule has 0 radical (unpaired) electrons. The Bertz CT molecular complexity index is 1330. The summed E-state index contributed by atoms with van der Waals surface area (Å²) in [4.78, 5) is 32.4. The summed E-state index contributed by atoms with van der Waals surface area (Å²) >= 11 is 6.60. The Morgan fingerprint density at radius 2 is 2.06 bits per heavy atom. The highest BCUT2D eigenvalue weighted by Crippen LogP contribution is 2.36. The number of thioether (sulfide) groups is 1. The van der Waals surface area contributed by atoms with Crippen molar-refractivity contribution in [2.75, 3.05) is 19.2 Å². The minimum absolute atomic E-state index is 0.186. The third kappa shape index (κ3) is 3.43. The van der Waals surface area contributed by atoms with Gasteiger partial charge in [0.1, 0.15) is 15.8 Å². The van der Waals surface area contributed by atoms with E-state index >= 15 is 0 Å². The third-order valence-corrected chi connectivity index (χ3v) is 6.31. The lowest BCUT2D eigenvalue weighted by Crippen LogP contribution is -2.27. The van der Waals surface area contributed by atoms with Crippen molar-refractivity contribution >= 4 is 51.7 Å². The summed E-state index contributed by atoms with van der Waals surface area (Å²) in [6.45, 7) is 0.484. The van der Waals surface area contributed by atoms with Crippen molar-refractivity contribution in [1.82, 2.24) is 14.3 Å². The molecule has 3 aromatic rings. The Balaban J connectivity index is 1.48. The van der Waals surface area contributed by atoms with Crippen LogP contribution in [0.5, 0.6) is 11.5 Å². The average Bonchev–Trinajstić information content (AvgIpc) is 3.35. The van der Waals surface area contributed by atoms with E-state index in [2.05, 4.69) is 10.3 Å². The molecule has 10 heteroatoms. The molecule has 31 heavy (non-hydrogen) atoms. The van der Waals surface area contributed by atoms with Crippen LogP contribution >= 0.6 is 24.0 Å². The predicted molar refractivity (Wildman–Crippen MR) is 122 cm³/mol. The van der Waals surface area contributed by atoms with E-state index in [1.165, 1.54) is 9.30 Å². The van der Waals surface area contributed by atoms with Gasteiger partial charge in [-0.25, -0.2) is 4.98 Å². The number of fused-ring (bicyclic) bond motifs is 2. The highest BCUT2D eigenvalue weighted by Gasteiger charge is 2.33. The third-order valence-electron chi connectivity index (χ3n) is 4.93. The summed E-state index contributed by atoms with van der Waals surface area (Å²) in [7, 11) is 1.68. The molecule has 0 unspecified atom stereocenters. The van der Waals surface area contributed by atoms with Gasteiger partial charge in [-0.1, -0.05) is 36.1 Å². The zero-order valence-corrected chi connectivity index (χ0v) is 18.0. The van der Waals surface area contributed by atoms with Crippen molar-refractivity contribution in [3.05, 3.63) is 69.0 Å². The first kappa shape index (κ1) is 19.6. The van der Waals surface area contributed by atoms with Gasteiger partial charge in [0.25, 0.3) is 11.5 Å². The number of thiocarbonyl (C=S) groups is 1. The second kappa shape index (κ2) is 7.71. The van der Waals surface area contributed by atoms with Gasteiger partial charge in [0.2, 0.25) is 6.79 Å². The normalized spacial score (nSPS) is 16.5. The van der Waals surface area contributed by atoms with Gasteiger partial charge in [-0.15, -0.1) is 0 Å². The van der Waals surface area contributed by atoms with Crippen LogP contribution < -0.4 is 20.3 Å². The summed E-state index contributed by atoms with van der Waals surface area (Å²) in [5, 5.41) is 2.94. The lowest BCUT2D eigenvalue weighted by Gasteiger charge is -2.14. The van der Waals surface area contributed by atoms with Gasteiger partial charge in [-0.05, 0) is 35.9 Å². The topological polar surface area (TPSA) is 85.2 Å². The number of carbonyl (C=O) groups is 1. The largest absolute Gasteiger partial charge is 0.454 e. The van der Waals surface area contributed by atoms with Crippen LogP contribution in [0.25, 0.3) is 11.7 Å². The zero-order chi connectivity index (χ0) is 21.5. The van der Waals surface area contributed by atoms with Crippen molar-refractivity contribution in [2.24, 2.45) is 0 Å². The van der Waals surface area contributed by atoms with Crippen molar-refractivity contribution in [3.8, 4) is 11.5 Å². The van der Waals surface area contributed by atoms with Crippen LogP contribution in [0.4, 0.5) is 5.82 Å². The summed E-state index contributed by atoms with van der Waals surface area (Å²) < 4.78 is 12.6. The molecule has 1 fully saturated rings. The molecule has 1 amide bonds. The molecule has 4 heterocycles. The predicted octanol–water partition coefficient (Wildman–Crippen LogP) is 2.87. The van der Waals surface area contributed by atoms with E-state index in [-0.39, 0.29) is 18.3 Å². The first-order valence-electron chi connectivity index (χ1n) is 9.38. The van der Waals surface area contributed by atoms with Crippen molar-refractivity contribution in [2.45, 2.75) is 6.54 Å². The minimum Gasteiger partial charge on any atom is -0.454 e. The second-order valence-electron chi connectivity index (χ2n) is 6.81. The molecule has 2 aliphatic rings. The number of nitrogens with one attached hydrogen (secondary N) is 1. The van der Waals surface area contributed by atoms with Crippen LogP contribution in [-0.2, 0) is 11.3 Å². The molecule has 1 aromatic carbocycles. The van der Waals surface area contributed by atoms with Crippen LogP contribution in [0.2, 0.25) is 0 Å². The van der Waals surface area contributed by atoms with Gasteiger partial charge in [0.15, 0.2) is 11.5 Å². The highest BCUT2D eigenvalue weighted by atomic mass is 32.2. The molecule has 0 bridgehead atoms. The number of amides is 1. The highest BCUT2D eigenvalue weighted by molar-refractivity contribution is 8.26. The minimum atomic E-state index is -0.268. The molecule has 2 aliphatic heterocycles. The molecule has 1 N–H and O–H groups in total. The van der Waals surface area contributed by atoms with Gasteiger partial charge >= 0.3 is 0 Å². The number of pyridine rings is 1. The SMILES string of the molecule is CNc1nc2ccccn2c(=O)c1/C=C1/SC(=S)N(Cc2ccc3c(c2)OCO3)C1=O. The molecule has 1 saturated heterocycles. The van der Waals surface area contributed by atoms with E-state index in [4.69, 9.17) is 21.7 Å². The maximum absolute atomic E-state index is 13.1. The maximum atomic E-state index is 13.1. The van der Waals surface area contributed by atoms with E-state index in [0.29, 0.717) is 44.3 Å². The van der Waals surface area contributed by atoms with Crippen molar-refractivity contribution in [3.63, 3.8) is 0 Å². The Morgan fingerprint density at radius 1 is 1.23 bits per heavy atom. The van der Waals surface area contributed by atoms with Crippen LogP contribution in [0.15, 0.2) is 52.3 Å². The van der Waals surface area contributed by atoms with E-state index in [1.54, 1.807) is 31.5 Å². The van der Waals surface area contributed by atoms with Gasteiger partial charge in [0, 0.05) is 13.2 Å². The number of ether oxygens (including phenoxy) is 2. The molecule has 8 nitrogen and oxygen atoms in total. The molecule has 0 saturated carbocycles. The number of aromatic nitrogens is 2. The van der Waals surface area contributed by atoms with E-state index in [9.17, 15) is 9.59 Å². The fourth-order valence-corrected chi connectivity index (χ4v) is 4.65. The number of nitrogens with zero attached hydrogens (tertiary/aromatic N) is 3. The van der Waals surface area contributed by atoms with E-state index < -0.39 is 0 Å². The standard InChI is InChI=1S/C21H16N4O4S2/c1-22-18-13(19(26)24-7-3-2-4-17(24)23-18)9-16-20(27)25(21(30)31-16)10-12-5-6-14-15(8-12)29-11-28-14/h2-9,22H,10-11H2,1H3/b16-9+. The second-order valence-corrected chi connectivity index (χ2v) is 8.49. The number of carbonyl (C=O) groups excluding carboxylic acids is 1. The Kier molecular flexibility index (Phi) is 4.87. The Morgan fingerprint density at radius 3 is 2.90 bits per heavy atom. The molecule has 0 atom stereocenters. The Labute approximate surface area is 186 Å². The summed E-state index contributed by atoms with van der Waals surface area (Å²) in [6, 6.07) is 10.8. The molecule has 0 spiro atoms.